The molecule has 0 radical (unpaired) electrons. The number of amides is 1. The minimum absolute atomic E-state index is 0.136. The minimum Gasteiger partial charge on any atom is -0.389 e. The summed E-state index contributed by atoms with van der Waals surface area (Å²) in [5, 5.41) is 13.9. The van der Waals surface area contributed by atoms with Gasteiger partial charge in [-0.1, -0.05) is 22.0 Å². The second-order valence-electron chi connectivity index (χ2n) is 4.73. The van der Waals surface area contributed by atoms with Gasteiger partial charge in [-0.25, -0.2) is 4.68 Å². The standard InChI is InChI=1S/C14H16BrN3O2/c1-9(19)11-5-4-10(8-12(11)15)18-7-6-13(16-18)14(20)17(2)3/h4-9,19H,1-3H3/t9-/m1/s1. The number of aromatic nitrogens is 2. The molecule has 1 atom stereocenters. The smallest absolute Gasteiger partial charge is 0.273 e. The first kappa shape index (κ1) is 14.7. The molecule has 6 heteroatoms. The van der Waals surface area contributed by atoms with Crippen LogP contribution in [0.1, 0.15) is 29.1 Å². The normalized spacial score (nSPS) is 12.2. The van der Waals surface area contributed by atoms with Crippen LogP contribution < -0.4 is 0 Å². The van der Waals surface area contributed by atoms with Crippen LogP contribution in [0.15, 0.2) is 34.9 Å². The third-order valence-corrected chi connectivity index (χ3v) is 3.60. The molecule has 0 fully saturated rings. The van der Waals surface area contributed by atoms with E-state index in [0.717, 1.165) is 15.7 Å². The molecule has 1 aromatic carbocycles. The fourth-order valence-electron chi connectivity index (χ4n) is 1.81. The first-order chi connectivity index (χ1) is 9.40. The molecule has 1 heterocycles. The van der Waals surface area contributed by atoms with Crippen molar-refractivity contribution in [1.29, 1.82) is 0 Å². The first-order valence-corrected chi connectivity index (χ1v) is 6.94. The number of benzene rings is 1. The molecular formula is C14H16BrN3O2. The molecule has 2 aromatic rings. The van der Waals surface area contributed by atoms with Gasteiger partial charge >= 0.3 is 0 Å². The van der Waals surface area contributed by atoms with Gasteiger partial charge in [0, 0.05) is 24.8 Å². The lowest BCUT2D eigenvalue weighted by Crippen LogP contribution is -2.22. The Kier molecular flexibility index (Phi) is 4.25. The van der Waals surface area contributed by atoms with E-state index in [9.17, 15) is 9.90 Å². The molecule has 0 aliphatic carbocycles. The zero-order chi connectivity index (χ0) is 14.9. The second-order valence-corrected chi connectivity index (χ2v) is 5.58. The van der Waals surface area contributed by atoms with Gasteiger partial charge in [0.2, 0.25) is 0 Å². The minimum atomic E-state index is -0.540. The van der Waals surface area contributed by atoms with Crippen molar-refractivity contribution in [2.75, 3.05) is 14.1 Å². The topological polar surface area (TPSA) is 58.4 Å². The molecule has 0 unspecified atom stereocenters. The molecule has 0 saturated heterocycles. The summed E-state index contributed by atoms with van der Waals surface area (Å²) in [6, 6.07) is 7.22. The third kappa shape index (κ3) is 2.91. The number of halogens is 1. The van der Waals surface area contributed by atoms with Crippen LogP contribution in [-0.2, 0) is 0 Å². The Bertz CT molecular complexity index is 635. The summed E-state index contributed by atoms with van der Waals surface area (Å²) >= 11 is 3.43. The number of aliphatic hydroxyl groups excluding tert-OH is 1. The highest BCUT2D eigenvalue weighted by molar-refractivity contribution is 9.10. The van der Waals surface area contributed by atoms with Crippen molar-refractivity contribution >= 4 is 21.8 Å². The van der Waals surface area contributed by atoms with Gasteiger partial charge in [0.15, 0.2) is 5.69 Å². The van der Waals surface area contributed by atoms with Crippen molar-refractivity contribution in [3.8, 4) is 5.69 Å². The number of carbonyl (C=O) groups is 1. The zero-order valence-electron chi connectivity index (χ0n) is 11.5. The van der Waals surface area contributed by atoms with Crippen LogP contribution in [0.4, 0.5) is 0 Å². The van der Waals surface area contributed by atoms with E-state index in [1.54, 1.807) is 38.0 Å². The van der Waals surface area contributed by atoms with Crippen LogP contribution in [0.5, 0.6) is 0 Å². The maximum absolute atomic E-state index is 11.8. The predicted octanol–water partition coefficient (Wildman–Crippen LogP) is 2.39. The zero-order valence-corrected chi connectivity index (χ0v) is 13.1. The van der Waals surface area contributed by atoms with Gasteiger partial charge in [0.05, 0.1) is 11.8 Å². The van der Waals surface area contributed by atoms with Crippen molar-refractivity contribution in [2.24, 2.45) is 0 Å². The van der Waals surface area contributed by atoms with Crippen LogP contribution in [-0.4, -0.2) is 39.8 Å². The highest BCUT2D eigenvalue weighted by Crippen LogP contribution is 2.25. The van der Waals surface area contributed by atoms with E-state index in [1.165, 1.54) is 4.90 Å². The Morgan fingerprint density at radius 2 is 2.10 bits per heavy atom. The molecule has 0 saturated carbocycles. The number of aliphatic hydroxyl groups is 1. The molecule has 106 valence electrons. The van der Waals surface area contributed by atoms with Gasteiger partial charge in [-0.05, 0) is 30.7 Å². The fourth-order valence-corrected chi connectivity index (χ4v) is 2.51. The summed E-state index contributed by atoms with van der Waals surface area (Å²) in [5.74, 6) is -0.136. The van der Waals surface area contributed by atoms with E-state index < -0.39 is 6.10 Å². The van der Waals surface area contributed by atoms with Crippen LogP contribution in [0.2, 0.25) is 0 Å². The molecule has 5 nitrogen and oxygen atoms in total. The molecular weight excluding hydrogens is 322 g/mol. The number of hydrogen-bond acceptors (Lipinski definition) is 3. The molecule has 1 aromatic heterocycles. The maximum atomic E-state index is 11.8. The Labute approximate surface area is 126 Å². The van der Waals surface area contributed by atoms with Crippen molar-refractivity contribution in [1.82, 2.24) is 14.7 Å². The van der Waals surface area contributed by atoms with Gasteiger partial charge in [0.1, 0.15) is 0 Å². The summed E-state index contributed by atoms with van der Waals surface area (Å²) < 4.78 is 2.44. The molecule has 1 N–H and O–H groups in total. The quantitative estimate of drug-likeness (QED) is 0.935. The largest absolute Gasteiger partial charge is 0.389 e. The first-order valence-electron chi connectivity index (χ1n) is 6.15. The van der Waals surface area contributed by atoms with Crippen molar-refractivity contribution in [2.45, 2.75) is 13.0 Å². The average Bonchev–Trinajstić information content (AvgIpc) is 2.86. The van der Waals surface area contributed by atoms with Crippen molar-refractivity contribution in [3.63, 3.8) is 0 Å². The SMILES string of the molecule is C[C@@H](O)c1ccc(-n2ccc(C(=O)N(C)C)n2)cc1Br. The average molecular weight is 338 g/mol. The van der Waals surface area contributed by atoms with E-state index >= 15 is 0 Å². The lowest BCUT2D eigenvalue weighted by molar-refractivity contribution is 0.0821. The summed E-state index contributed by atoms with van der Waals surface area (Å²) in [7, 11) is 3.38. The van der Waals surface area contributed by atoms with Crippen LogP contribution in [0.25, 0.3) is 5.69 Å². The number of hydrogen-bond donors (Lipinski definition) is 1. The highest BCUT2D eigenvalue weighted by atomic mass is 79.9. The molecule has 0 spiro atoms. The number of nitrogens with zero attached hydrogens (tertiary/aromatic N) is 3. The van der Waals surface area contributed by atoms with Crippen LogP contribution in [0.3, 0.4) is 0 Å². The molecule has 2 rings (SSSR count). The van der Waals surface area contributed by atoms with Crippen LogP contribution in [0, 0.1) is 0 Å². The molecule has 0 aliphatic rings. The van der Waals surface area contributed by atoms with Crippen LogP contribution >= 0.6 is 15.9 Å². The Morgan fingerprint density at radius 3 is 2.65 bits per heavy atom. The van der Waals surface area contributed by atoms with Crippen molar-refractivity contribution < 1.29 is 9.90 Å². The molecule has 1 amide bonds. The van der Waals surface area contributed by atoms with Gasteiger partial charge in [-0.15, -0.1) is 0 Å². The number of rotatable bonds is 3. The van der Waals surface area contributed by atoms with Gasteiger partial charge in [-0.2, -0.15) is 5.10 Å². The third-order valence-electron chi connectivity index (χ3n) is 2.91. The van der Waals surface area contributed by atoms with E-state index in [-0.39, 0.29) is 5.91 Å². The summed E-state index contributed by atoms with van der Waals surface area (Å²) in [5.41, 5.74) is 2.02. The predicted molar refractivity (Wildman–Crippen MR) is 79.9 cm³/mol. The Hall–Kier alpha value is -1.66. The highest BCUT2D eigenvalue weighted by Gasteiger charge is 2.13. The van der Waals surface area contributed by atoms with E-state index in [2.05, 4.69) is 21.0 Å². The van der Waals surface area contributed by atoms with Gasteiger partial charge in [0.25, 0.3) is 5.91 Å². The maximum Gasteiger partial charge on any atom is 0.273 e. The second kappa shape index (κ2) is 5.76. The Balaban J connectivity index is 2.33. The van der Waals surface area contributed by atoms with E-state index in [1.807, 2.05) is 18.2 Å². The lowest BCUT2D eigenvalue weighted by Gasteiger charge is -2.10. The summed E-state index contributed by atoms with van der Waals surface area (Å²) in [6.45, 7) is 1.71. The summed E-state index contributed by atoms with van der Waals surface area (Å²) in [6.07, 6.45) is 1.20. The van der Waals surface area contributed by atoms with Gasteiger partial charge in [-0.3, -0.25) is 4.79 Å². The Morgan fingerprint density at radius 1 is 1.40 bits per heavy atom. The molecule has 0 bridgehead atoms. The fraction of sp³-hybridized carbons (Fsp3) is 0.286. The monoisotopic (exact) mass is 337 g/mol. The van der Waals surface area contributed by atoms with Crippen molar-refractivity contribution in [3.05, 3.63) is 46.2 Å². The van der Waals surface area contributed by atoms with E-state index in [4.69, 9.17) is 0 Å². The summed E-state index contributed by atoms with van der Waals surface area (Å²) in [4.78, 5) is 13.3. The lowest BCUT2D eigenvalue weighted by atomic mass is 10.1. The number of carbonyl (C=O) groups excluding carboxylic acids is 1. The van der Waals surface area contributed by atoms with Gasteiger partial charge < -0.3 is 10.0 Å². The van der Waals surface area contributed by atoms with E-state index in [0.29, 0.717) is 5.69 Å². The molecule has 20 heavy (non-hydrogen) atoms. The molecule has 0 aliphatic heterocycles.